The Bertz CT molecular complexity index is 877. The van der Waals surface area contributed by atoms with Gasteiger partial charge in [-0.05, 0) is 42.1 Å². The van der Waals surface area contributed by atoms with Crippen LogP contribution in [0.1, 0.15) is 18.6 Å². The lowest BCUT2D eigenvalue weighted by molar-refractivity contribution is 0.121. The maximum absolute atomic E-state index is 12.3. The van der Waals surface area contributed by atoms with E-state index >= 15 is 0 Å². The zero-order valence-corrected chi connectivity index (χ0v) is 15.1. The molecule has 6 heteroatoms. The van der Waals surface area contributed by atoms with Gasteiger partial charge in [0, 0.05) is 16.3 Å². The summed E-state index contributed by atoms with van der Waals surface area (Å²) in [6, 6.07) is 16.6. The molecule has 4 nitrogen and oxygen atoms in total. The second kappa shape index (κ2) is 7.59. The molecule has 1 unspecified atom stereocenters. The average molecular weight is 373 g/mol. The van der Waals surface area contributed by atoms with Gasteiger partial charge in [0.2, 0.25) is 0 Å². The maximum atomic E-state index is 12.3. The number of carbonyl (C=O) groups excluding carboxylic acids is 1. The first-order valence-corrected chi connectivity index (χ1v) is 8.96. The van der Waals surface area contributed by atoms with Crippen LogP contribution in [0.3, 0.4) is 0 Å². The van der Waals surface area contributed by atoms with Crippen LogP contribution in [0.2, 0.25) is 5.02 Å². The molecule has 2 aromatic carbocycles. The lowest BCUT2D eigenvalue weighted by atomic mass is 10.1. The number of rotatable bonds is 4. The van der Waals surface area contributed by atoms with Gasteiger partial charge in [0.25, 0.3) is 0 Å². The molecule has 3 aromatic rings. The Kier molecular flexibility index (Phi) is 5.26. The fourth-order valence-electron chi connectivity index (χ4n) is 2.43. The number of nitrogen functional groups attached to an aromatic ring is 1. The quantitative estimate of drug-likeness (QED) is 0.555. The summed E-state index contributed by atoms with van der Waals surface area (Å²) < 4.78 is 5.45. The van der Waals surface area contributed by atoms with Gasteiger partial charge in [-0.25, -0.2) is 4.79 Å². The number of amides is 1. The molecule has 0 radical (unpaired) electrons. The number of hydrogen-bond donors (Lipinski definition) is 2. The fourth-order valence-corrected chi connectivity index (χ4v) is 3.58. The summed E-state index contributed by atoms with van der Waals surface area (Å²) in [5, 5.41) is 5.28. The molecule has 3 N–H and O–H groups in total. The summed E-state index contributed by atoms with van der Waals surface area (Å²) in [6.07, 6.45) is -0.977. The first kappa shape index (κ1) is 17.3. The first-order chi connectivity index (χ1) is 12.0. The van der Waals surface area contributed by atoms with Gasteiger partial charge in [0.05, 0.1) is 10.6 Å². The van der Waals surface area contributed by atoms with Crippen LogP contribution < -0.4 is 11.1 Å². The number of hydrogen-bond acceptors (Lipinski definition) is 4. The van der Waals surface area contributed by atoms with E-state index in [1.54, 1.807) is 13.0 Å². The Morgan fingerprint density at radius 1 is 1.16 bits per heavy atom. The molecule has 0 saturated heterocycles. The molecule has 1 aromatic heterocycles. The van der Waals surface area contributed by atoms with Gasteiger partial charge in [-0.3, -0.25) is 5.32 Å². The first-order valence-electron chi connectivity index (χ1n) is 7.70. The van der Waals surface area contributed by atoms with Crippen molar-refractivity contribution in [3.05, 3.63) is 70.6 Å². The zero-order chi connectivity index (χ0) is 17.8. The van der Waals surface area contributed by atoms with E-state index in [0.717, 1.165) is 16.0 Å². The third-order valence-corrected chi connectivity index (χ3v) is 5.01. The van der Waals surface area contributed by atoms with Crippen molar-refractivity contribution in [1.82, 2.24) is 0 Å². The Balaban J connectivity index is 1.71. The minimum atomic E-state index is -0.525. The summed E-state index contributed by atoms with van der Waals surface area (Å²) in [7, 11) is 0. The van der Waals surface area contributed by atoms with Crippen molar-refractivity contribution in [1.29, 1.82) is 0 Å². The highest BCUT2D eigenvalue weighted by Gasteiger charge is 2.16. The van der Waals surface area contributed by atoms with Gasteiger partial charge >= 0.3 is 6.09 Å². The number of thiophene rings is 1. The predicted octanol–water partition coefficient (Wildman–Crippen LogP) is 5.96. The molecule has 1 amide bonds. The number of halogens is 1. The van der Waals surface area contributed by atoms with E-state index in [1.165, 1.54) is 11.3 Å². The lowest BCUT2D eigenvalue weighted by Gasteiger charge is -2.15. The number of nitrogens with one attached hydrogen (secondary N) is 1. The Hall–Kier alpha value is -2.50. The summed E-state index contributed by atoms with van der Waals surface area (Å²) in [4.78, 5) is 13.2. The van der Waals surface area contributed by atoms with Crippen molar-refractivity contribution in [3.8, 4) is 10.4 Å². The Morgan fingerprint density at radius 3 is 2.60 bits per heavy atom. The van der Waals surface area contributed by atoms with Crippen LogP contribution in [0.4, 0.5) is 16.2 Å². The number of benzene rings is 2. The molecule has 128 valence electrons. The van der Waals surface area contributed by atoms with Crippen LogP contribution in [0.5, 0.6) is 0 Å². The average Bonchev–Trinajstić information content (AvgIpc) is 3.03. The highest BCUT2D eigenvalue weighted by atomic mass is 35.5. The molecule has 0 aliphatic rings. The van der Waals surface area contributed by atoms with E-state index in [2.05, 4.69) is 5.32 Å². The van der Waals surface area contributed by atoms with Gasteiger partial charge in [-0.15, -0.1) is 11.3 Å². The van der Waals surface area contributed by atoms with Gasteiger partial charge in [0.15, 0.2) is 0 Å². The predicted molar refractivity (Wildman–Crippen MR) is 104 cm³/mol. The van der Waals surface area contributed by atoms with Gasteiger partial charge < -0.3 is 10.5 Å². The van der Waals surface area contributed by atoms with Crippen LogP contribution in [-0.4, -0.2) is 6.09 Å². The van der Waals surface area contributed by atoms with Crippen molar-refractivity contribution in [3.63, 3.8) is 0 Å². The van der Waals surface area contributed by atoms with Gasteiger partial charge in [0.1, 0.15) is 6.10 Å². The smallest absolute Gasteiger partial charge is 0.412 e. The Morgan fingerprint density at radius 2 is 1.88 bits per heavy atom. The van der Waals surface area contributed by atoms with E-state index in [-0.39, 0.29) is 0 Å². The summed E-state index contributed by atoms with van der Waals surface area (Å²) in [5.41, 5.74) is 8.87. The number of anilines is 2. The van der Waals surface area contributed by atoms with Crippen LogP contribution in [0, 0.1) is 0 Å². The molecule has 25 heavy (non-hydrogen) atoms. The maximum Gasteiger partial charge on any atom is 0.412 e. The van der Waals surface area contributed by atoms with Gasteiger partial charge in [-0.2, -0.15) is 0 Å². The standard InChI is InChI=1S/C19H17ClN2O2S/c1-12(15-4-2-3-5-16(15)20)24-19(23)22-17-10-11-25-18(17)13-6-8-14(21)9-7-13/h2-12H,21H2,1H3,(H,22,23). The molecule has 0 bridgehead atoms. The van der Waals surface area contributed by atoms with Crippen LogP contribution in [-0.2, 0) is 4.74 Å². The van der Waals surface area contributed by atoms with Crippen molar-refractivity contribution in [2.24, 2.45) is 0 Å². The van der Waals surface area contributed by atoms with E-state index in [0.29, 0.717) is 16.4 Å². The number of carbonyl (C=O) groups is 1. The zero-order valence-electron chi connectivity index (χ0n) is 13.5. The van der Waals surface area contributed by atoms with Crippen LogP contribution in [0.15, 0.2) is 60.0 Å². The van der Waals surface area contributed by atoms with Crippen LogP contribution >= 0.6 is 22.9 Å². The molecule has 0 fully saturated rings. The van der Waals surface area contributed by atoms with E-state index in [4.69, 9.17) is 22.1 Å². The number of nitrogens with two attached hydrogens (primary N) is 1. The third-order valence-electron chi connectivity index (χ3n) is 3.70. The minimum Gasteiger partial charge on any atom is -0.441 e. The van der Waals surface area contributed by atoms with E-state index in [9.17, 15) is 4.79 Å². The topological polar surface area (TPSA) is 64.3 Å². The van der Waals surface area contributed by atoms with E-state index < -0.39 is 12.2 Å². The number of ether oxygens (including phenoxy) is 1. The molecule has 0 spiro atoms. The second-order valence-corrected chi connectivity index (χ2v) is 6.80. The molecular formula is C19H17ClN2O2S. The highest BCUT2D eigenvalue weighted by Crippen LogP contribution is 2.34. The van der Waals surface area contributed by atoms with Crippen molar-refractivity contribution >= 4 is 40.4 Å². The third kappa shape index (κ3) is 4.13. The lowest BCUT2D eigenvalue weighted by Crippen LogP contribution is -2.16. The SMILES string of the molecule is CC(OC(=O)Nc1ccsc1-c1ccc(N)cc1)c1ccccc1Cl. The molecule has 0 saturated carbocycles. The van der Waals surface area contributed by atoms with Gasteiger partial charge in [-0.1, -0.05) is 41.9 Å². The minimum absolute atomic E-state index is 0.452. The molecule has 1 heterocycles. The second-order valence-electron chi connectivity index (χ2n) is 5.48. The summed E-state index contributed by atoms with van der Waals surface area (Å²) in [6.45, 7) is 1.79. The molecule has 0 aliphatic heterocycles. The Labute approximate surface area is 155 Å². The molecule has 3 rings (SSSR count). The normalized spacial score (nSPS) is 11.8. The molecule has 1 atom stereocenters. The monoisotopic (exact) mass is 372 g/mol. The molecular weight excluding hydrogens is 356 g/mol. The largest absolute Gasteiger partial charge is 0.441 e. The fraction of sp³-hybridized carbons (Fsp3) is 0.105. The van der Waals surface area contributed by atoms with E-state index in [1.807, 2.05) is 53.9 Å². The van der Waals surface area contributed by atoms with Crippen LogP contribution in [0.25, 0.3) is 10.4 Å². The van der Waals surface area contributed by atoms with Crippen molar-refractivity contribution < 1.29 is 9.53 Å². The summed E-state index contributed by atoms with van der Waals surface area (Å²) >= 11 is 7.68. The summed E-state index contributed by atoms with van der Waals surface area (Å²) in [5.74, 6) is 0. The van der Waals surface area contributed by atoms with Crippen molar-refractivity contribution in [2.75, 3.05) is 11.1 Å². The highest BCUT2D eigenvalue weighted by molar-refractivity contribution is 7.14. The van der Waals surface area contributed by atoms with Crippen molar-refractivity contribution in [2.45, 2.75) is 13.0 Å². The molecule has 0 aliphatic carbocycles.